The fourth-order valence-corrected chi connectivity index (χ4v) is 2.93. The van der Waals surface area contributed by atoms with E-state index in [1.54, 1.807) is 7.11 Å². The monoisotopic (exact) mass is 272 g/mol. The highest BCUT2D eigenvalue weighted by Crippen LogP contribution is 2.38. The van der Waals surface area contributed by atoms with Crippen molar-refractivity contribution in [2.75, 3.05) is 13.7 Å². The average Bonchev–Trinajstić information content (AvgIpc) is 2.79. The Labute approximate surface area is 115 Å². The molecule has 0 bridgehead atoms. The molecule has 0 aliphatic heterocycles. The summed E-state index contributed by atoms with van der Waals surface area (Å²) in [5.74, 6) is -0.0111. The maximum Gasteiger partial charge on any atom is 0.233 e. The molecule has 18 heavy (non-hydrogen) atoms. The third-order valence-corrected chi connectivity index (χ3v) is 4.09. The van der Waals surface area contributed by atoms with Crippen LogP contribution in [0.5, 0.6) is 0 Å². The number of thiocarbonyl (C=S) groups is 1. The molecule has 1 rings (SSSR count). The average molecular weight is 272 g/mol. The predicted octanol–water partition coefficient (Wildman–Crippen LogP) is 1.76. The predicted molar refractivity (Wildman–Crippen MR) is 76.4 cm³/mol. The van der Waals surface area contributed by atoms with Crippen LogP contribution in [0, 0.1) is 5.41 Å². The topological polar surface area (TPSA) is 64.3 Å². The van der Waals surface area contributed by atoms with Crippen LogP contribution < -0.4 is 11.1 Å². The number of ether oxygens (including phenoxy) is 1. The third kappa shape index (κ3) is 3.42. The molecule has 1 aliphatic carbocycles. The molecule has 1 amide bonds. The van der Waals surface area contributed by atoms with Gasteiger partial charge in [0.15, 0.2) is 0 Å². The van der Waals surface area contributed by atoms with E-state index >= 15 is 0 Å². The molecule has 1 atom stereocenters. The Bertz CT molecular complexity index is 295. The molecule has 1 saturated carbocycles. The van der Waals surface area contributed by atoms with E-state index in [1.807, 2.05) is 0 Å². The van der Waals surface area contributed by atoms with Gasteiger partial charge in [0.1, 0.15) is 0 Å². The second-order valence-electron chi connectivity index (χ2n) is 5.07. The Morgan fingerprint density at radius 3 is 2.56 bits per heavy atom. The molecule has 0 aromatic carbocycles. The molecule has 5 heteroatoms. The number of hydrogen-bond acceptors (Lipinski definition) is 3. The fourth-order valence-electron chi connectivity index (χ4n) is 2.63. The van der Waals surface area contributed by atoms with E-state index in [2.05, 4.69) is 12.2 Å². The summed E-state index contributed by atoms with van der Waals surface area (Å²) in [7, 11) is 1.65. The molecule has 0 spiro atoms. The number of methoxy groups -OCH3 is 1. The largest absolute Gasteiger partial charge is 0.392 e. The van der Waals surface area contributed by atoms with Crippen LogP contribution in [-0.2, 0) is 9.53 Å². The van der Waals surface area contributed by atoms with E-state index in [4.69, 9.17) is 22.7 Å². The van der Waals surface area contributed by atoms with Gasteiger partial charge in [-0.3, -0.25) is 4.79 Å². The zero-order valence-electron chi connectivity index (χ0n) is 11.3. The number of amides is 1. The summed E-state index contributed by atoms with van der Waals surface area (Å²) in [5, 5.41) is 3.05. The highest BCUT2D eigenvalue weighted by Gasteiger charge is 2.44. The summed E-state index contributed by atoms with van der Waals surface area (Å²) in [4.78, 5) is 12.8. The SMILES string of the molecule is CCCC(COC)NC(=O)C1(C(N)=S)CCCC1. The van der Waals surface area contributed by atoms with Crippen molar-refractivity contribution in [2.24, 2.45) is 11.1 Å². The summed E-state index contributed by atoms with van der Waals surface area (Å²) in [5.41, 5.74) is 5.18. The Morgan fingerprint density at radius 1 is 1.50 bits per heavy atom. The van der Waals surface area contributed by atoms with Gasteiger partial charge < -0.3 is 15.8 Å². The number of carbonyl (C=O) groups excluding carboxylic acids is 1. The zero-order chi connectivity index (χ0) is 13.6. The Morgan fingerprint density at radius 2 is 2.11 bits per heavy atom. The molecule has 1 aliphatic rings. The van der Waals surface area contributed by atoms with Crippen LogP contribution in [0.25, 0.3) is 0 Å². The smallest absolute Gasteiger partial charge is 0.233 e. The van der Waals surface area contributed by atoms with E-state index in [0.717, 1.165) is 38.5 Å². The van der Waals surface area contributed by atoms with Gasteiger partial charge in [-0.05, 0) is 19.3 Å². The minimum Gasteiger partial charge on any atom is -0.392 e. The van der Waals surface area contributed by atoms with Crippen molar-refractivity contribution in [2.45, 2.75) is 51.5 Å². The molecular weight excluding hydrogens is 248 g/mol. The Balaban J connectivity index is 2.68. The van der Waals surface area contributed by atoms with Crippen LogP contribution in [0.4, 0.5) is 0 Å². The van der Waals surface area contributed by atoms with Crippen LogP contribution >= 0.6 is 12.2 Å². The first kappa shape index (κ1) is 15.4. The summed E-state index contributed by atoms with van der Waals surface area (Å²) >= 11 is 5.11. The molecule has 3 N–H and O–H groups in total. The molecule has 0 aromatic heterocycles. The molecule has 0 radical (unpaired) electrons. The number of nitrogens with two attached hydrogens (primary N) is 1. The van der Waals surface area contributed by atoms with Crippen molar-refractivity contribution in [1.82, 2.24) is 5.32 Å². The van der Waals surface area contributed by atoms with Gasteiger partial charge in [0.2, 0.25) is 5.91 Å². The van der Waals surface area contributed by atoms with Crippen LogP contribution in [0.3, 0.4) is 0 Å². The molecule has 0 aromatic rings. The Hall–Kier alpha value is -0.680. The lowest BCUT2D eigenvalue weighted by molar-refractivity contribution is -0.128. The number of rotatable bonds is 7. The lowest BCUT2D eigenvalue weighted by Crippen LogP contribution is -2.51. The first-order valence-corrected chi connectivity index (χ1v) is 7.07. The van der Waals surface area contributed by atoms with Gasteiger partial charge in [0.25, 0.3) is 0 Å². The van der Waals surface area contributed by atoms with E-state index < -0.39 is 5.41 Å². The van der Waals surface area contributed by atoms with Crippen LogP contribution in [0.15, 0.2) is 0 Å². The van der Waals surface area contributed by atoms with Crippen molar-refractivity contribution in [3.63, 3.8) is 0 Å². The second-order valence-corrected chi connectivity index (χ2v) is 5.51. The van der Waals surface area contributed by atoms with E-state index in [9.17, 15) is 4.79 Å². The maximum absolute atomic E-state index is 12.4. The Kier molecular flexibility index (Phi) is 6.02. The van der Waals surface area contributed by atoms with Crippen LogP contribution in [0.2, 0.25) is 0 Å². The van der Waals surface area contributed by atoms with Gasteiger partial charge in [-0.2, -0.15) is 0 Å². The number of carbonyl (C=O) groups is 1. The highest BCUT2D eigenvalue weighted by atomic mass is 32.1. The minimum absolute atomic E-state index is 0.0111. The lowest BCUT2D eigenvalue weighted by atomic mass is 9.84. The number of hydrogen-bond donors (Lipinski definition) is 2. The van der Waals surface area contributed by atoms with Crippen LogP contribution in [-0.4, -0.2) is 30.7 Å². The fraction of sp³-hybridized carbons (Fsp3) is 0.846. The maximum atomic E-state index is 12.4. The summed E-state index contributed by atoms with van der Waals surface area (Å²) in [6.07, 6.45) is 5.52. The van der Waals surface area contributed by atoms with E-state index in [1.165, 1.54) is 0 Å². The van der Waals surface area contributed by atoms with Gasteiger partial charge in [0.05, 0.1) is 23.1 Å². The minimum atomic E-state index is -0.616. The molecule has 0 saturated heterocycles. The van der Waals surface area contributed by atoms with Crippen molar-refractivity contribution >= 4 is 23.1 Å². The van der Waals surface area contributed by atoms with Gasteiger partial charge in [-0.1, -0.05) is 38.4 Å². The molecule has 0 heterocycles. The molecule has 4 nitrogen and oxygen atoms in total. The van der Waals surface area contributed by atoms with Gasteiger partial charge in [-0.15, -0.1) is 0 Å². The normalized spacial score (nSPS) is 19.4. The van der Waals surface area contributed by atoms with Crippen molar-refractivity contribution in [3.05, 3.63) is 0 Å². The standard InChI is InChI=1S/C13H24N2O2S/c1-3-6-10(9-17-2)15-12(16)13(11(14)18)7-4-5-8-13/h10H,3-9H2,1-2H3,(H2,14,18)(H,15,16). The quantitative estimate of drug-likeness (QED) is 0.693. The zero-order valence-corrected chi connectivity index (χ0v) is 12.1. The third-order valence-electron chi connectivity index (χ3n) is 3.70. The van der Waals surface area contributed by atoms with Crippen LogP contribution in [0.1, 0.15) is 45.4 Å². The summed E-state index contributed by atoms with van der Waals surface area (Å²) in [6, 6.07) is 0.0549. The van der Waals surface area contributed by atoms with Crippen molar-refractivity contribution in [1.29, 1.82) is 0 Å². The lowest BCUT2D eigenvalue weighted by Gasteiger charge is -2.29. The van der Waals surface area contributed by atoms with Gasteiger partial charge in [0, 0.05) is 7.11 Å². The summed E-state index contributed by atoms with van der Waals surface area (Å²) < 4.78 is 5.13. The summed E-state index contributed by atoms with van der Waals surface area (Å²) in [6.45, 7) is 2.63. The second kappa shape index (κ2) is 7.04. The first-order valence-electron chi connectivity index (χ1n) is 6.66. The first-order chi connectivity index (χ1) is 8.56. The van der Waals surface area contributed by atoms with Gasteiger partial charge >= 0.3 is 0 Å². The molecule has 1 fully saturated rings. The number of nitrogens with one attached hydrogen (secondary N) is 1. The van der Waals surface area contributed by atoms with E-state index in [-0.39, 0.29) is 11.9 Å². The van der Waals surface area contributed by atoms with Crippen molar-refractivity contribution in [3.8, 4) is 0 Å². The molecular formula is C13H24N2O2S. The van der Waals surface area contributed by atoms with Gasteiger partial charge in [-0.25, -0.2) is 0 Å². The highest BCUT2D eigenvalue weighted by molar-refractivity contribution is 7.80. The van der Waals surface area contributed by atoms with Crippen molar-refractivity contribution < 1.29 is 9.53 Å². The molecule has 104 valence electrons. The van der Waals surface area contributed by atoms with E-state index in [0.29, 0.717) is 11.6 Å². The molecule has 1 unspecified atom stereocenters.